The number of carbonyl (C=O) groups excluding carboxylic acids is 2. The van der Waals surface area contributed by atoms with Gasteiger partial charge in [0.15, 0.2) is 0 Å². The number of rotatable bonds is 7. The summed E-state index contributed by atoms with van der Waals surface area (Å²) in [5, 5.41) is 2.64. The molecule has 0 aliphatic heterocycles. The predicted octanol–water partition coefficient (Wildman–Crippen LogP) is 1.14. The number of benzene rings is 1. The first-order chi connectivity index (χ1) is 9.58. The van der Waals surface area contributed by atoms with E-state index in [0.29, 0.717) is 18.1 Å². The van der Waals surface area contributed by atoms with E-state index >= 15 is 0 Å². The predicted molar refractivity (Wildman–Crippen MR) is 74.7 cm³/mol. The minimum atomic E-state index is -0.823. The molecular weight excluding hydrogens is 256 g/mol. The number of carbonyl (C=O) groups is 2. The van der Waals surface area contributed by atoms with Gasteiger partial charge < -0.3 is 15.8 Å². The molecule has 1 aliphatic rings. The number of primary amides is 1. The largest absolute Gasteiger partial charge is 0.368 e. The molecule has 0 unspecified atom stereocenters. The Morgan fingerprint density at radius 1 is 1.35 bits per heavy atom. The molecule has 1 saturated carbocycles. The Labute approximate surface area is 118 Å². The zero-order valence-corrected chi connectivity index (χ0v) is 11.5. The first kappa shape index (κ1) is 14.5. The Balaban J connectivity index is 1.93. The zero-order valence-electron chi connectivity index (χ0n) is 11.5. The van der Waals surface area contributed by atoms with Crippen LogP contribution in [0.25, 0.3) is 0 Å². The van der Waals surface area contributed by atoms with Crippen LogP contribution in [0, 0.1) is 5.92 Å². The highest BCUT2D eigenvalue weighted by Crippen LogP contribution is 2.29. The van der Waals surface area contributed by atoms with Crippen LogP contribution in [0.4, 0.5) is 0 Å². The van der Waals surface area contributed by atoms with Crippen LogP contribution in [0.1, 0.15) is 31.4 Å². The maximum atomic E-state index is 12.0. The van der Waals surface area contributed by atoms with E-state index in [2.05, 4.69) is 5.32 Å². The summed E-state index contributed by atoms with van der Waals surface area (Å²) >= 11 is 0. The van der Waals surface area contributed by atoms with Crippen molar-refractivity contribution >= 4 is 11.8 Å². The van der Waals surface area contributed by atoms with Gasteiger partial charge in [0.1, 0.15) is 12.1 Å². The summed E-state index contributed by atoms with van der Waals surface area (Å²) in [6, 6.07) is 8.12. The second-order valence-corrected chi connectivity index (χ2v) is 5.17. The molecule has 0 aromatic heterocycles. The number of nitrogens with one attached hydrogen (secondary N) is 1. The third-order valence-corrected chi connectivity index (χ3v) is 3.35. The smallest absolute Gasteiger partial charge is 0.249 e. The highest BCUT2D eigenvalue weighted by Gasteiger charge is 2.26. The molecule has 108 valence electrons. The quantitative estimate of drug-likeness (QED) is 0.783. The molecule has 0 saturated heterocycles. The molecule has 2 amide bonds. The van der Waals surface area contributed by atoms with Crippen LogP contribution >= 0.6 is 0 Å². The third kappa shape index (κ3) is 4.06. The number of amides is 2. The van der Waals surface area contributed by atoms with Gasteiger partial charge in [-0.05, 0) is 31.2 Å². The van der Waals surface area contributed by atoms with Gasteiger partial charge in [-0.25, -0.2) is 0 Å². The molecule has 0 spiro atoms. The van der Waals surface area contributed by atoms with E-state index in [1.807, 2.05) is 6.07 Å². The molecule has 5 nitrogen and oxygen atoms in total. The summed E-state index contributed by atoms with van der Waals surface area (Å²) in [5.41, 5.74) is 6.02. The van der Waals surface area contributed by atoms with Crippen molar-refractivity contribution in [2.45, 2.75) is 31.9 Å². The average Bonchev–Trinajstić information content (AvgIpc) is 3.26. The van der Waals surface area contributed by atoms with Crippen molar-refractivity contribution < 1.29 is 14.3 Å². The van der Waals surface area contributed by atoms with Crippen LogP contribution in [0.2, 0.25) is 0 Å². The fraction of sp³-hybridized carbons (Fsp3) is 0.467. The zero-order chi connectivity index (χ0) is 14.5. The maximum absolute atomic E-state index is 12.0. The third-order valence-electron chi connectivity index (χ3n) is 3.35. The summed E-state index contributed by atoms with van der Waals surface area (Å²) in [6.07, 6.45) is 1.76. The summed E-state index contributed by atoms with van der Waals surface area (Å²) in [4.78, 5) is 23.5. The Bertz CT molecular complexity index is 471. The normalized spacial score (nSPS) is 17.2. The summed E-state index contributed by atoms with van der Waals surface area (Å²) in [5.74, 6) is -0.316. The van der Waals surface area contributed by atoms with Gasteiger partial charge in [-0.3, -0.25) is 9.59 Å². The Morgan fingerprint density at radius 2 is 2.00 bits per heavy atom. The second kappa shape index (κ2) is 6.52. The van der Waals surface area contributed by atoms with Gasteiger partial charge in [0, 0.05) is 0 Å². The van der Waals surface area contributed by atoms with Gasteiger partial charge in [-0.1, -0.05) is 30.3 Å². The molecule has 1 aromatic carbocycles. The van der Waals surface area contributed by atoms with Gasteiger partial charge in [-0.2, -0.15) is 0 Å². The molecule has 3 N–H and O–H groups in total. The first-order valence-electron chi connectivity index (χ1n) is 6.84. The van der Waals surface area contributed by atoms with Crippen LogP contribution in [-0.4, -0.2) is 24.5 Å². The van der Waals surface area contributed by atoms with Crippen molar-refractivity contribution in [3.05, 3.63) is 35.9 Å². The Morgan fingerprint density at radius 3 is 2.55 bits per heavy atom. The van der Waals surface area contributed by atoms with Gasteiger partial charge in [0.25, 0.3) is 0 Å². The second-order valence-electron chi connectivity index (χ2n) is 5.17. The Hall–Kier alpha value is -1.88. The molecule has 0 heterocycles. The summed E-state index contributed by atoms with van der Waals surface area (Å²) < 4.78 is 5.48. The van der Waals surface area contributed by atoms with Crippen molar-refractivity contribution in [3.8, 4) is 0 Å². The average molecular weight is 276 g/mol. The van der Waals surface area contributed by atoms with Gasteiger partial charge in [0.05, 0.1) is 6.61 Å². The van der Waals surface area contributed by atoms with Crippen LogP contribution in [0.3, 0.4) is 0 Å². The van der Waals surface area contributed by atoms with Crippen molar-refractivity contribution in [2.24, 2.45) is 11.7 Å². The highest BCUT2D eigenvalue weighted by atomic mass is 16.5. The van der Waals surface area contributed by atoms with E-state index in [4.69, 9.17) is 10.5 Å². The molecule has 1 aliphatic carbocycles. The van der Waals surface area contributed by atoms with Crippen molar-refractivity contribution in [3.63, 3.8) is 0 Å². The van der Waals surface area contributed by atoms with Crippen molar-refractivity contribution in [1.82, 2.24) is 5.32 Å². The van der Waals surface area contributed by atoms with Gasteiger partial charge in [-0.15, -0.1) is 0 Å². The topological polar surface area (TPSA) is 81.4 Å². The van der Waals surface area contributed by atoms with E-state index in [0.717, 1.165) is 0 Å². The lowest BCUT2D eigenvalue weighted by Gasteiger charge is -2.19. The molecule has 0 radical (unpaired) electrons. The molecule has 5 heteroatoms. The van der Waals surface area contributed by atoms with E-state index in [1.165, 1.54) is 12.8 Å². The number of nitrogens with two attached hydrogens (primary N) is 1. The van der Waals surface area contributed by atoms with E-state index < -0.39 is 18.1 Å². The number of hydrogen-bond acceptors (Lipinski definition) is 3. The van der Waals surface area contributed by atoms with Crippen LogP contribution < -0.4 is 11.1 Å². The lowest BCUT2D eigenvalue weighted by Crippen LogP contribution is -2.42. The molecule has 2 rings (SSSR count). The van der Waals surface area contributed by atoms with Crippen molar-refractivity contribution in [2.75, 3.05) is 6.61 Å². The number of hydrogen-bond donors (Lipinski definition) is 2. The molecule has 1 fully saturated rings. The molecule has 0 bridgehead atoms. The lowest BCUT2D eigenvalue weighted by atomic mass is 10.1. The minimum absolute atomic E-state index is 0.321. The standard InChI is InChI=1S/C15H20N2O3/c1-10(20-9-11-7-8-11)15(19)17-13(14(16)18)12-5-3-2-4-6-12/h2-6,10-11,13H,7-9H2,1H3,(H2,16,18)(H,17,19)/t10-,13+/m1/s1. The minimum Gasteiger partial charge on any atom is -0.368 e. The summed E-state index contributed by atoms with van der Waals surface area (Å²) in [6.45, 7) is 2.28. The monoisotopic (exact) mass is 276 g/mol. The SMILES string of the molecule is C[C@@H](OCC1CC1)C(=O)N[C@H](C(N)=O)c1ccccc1. The highest BCUT2D eigenvalue weighted by molar-refractivity contribution is 5.89. The Kier molecular flexibility index (Phi) is 4.74. The first-order valence-corrected chi connectivity index (χ1v) is 6.84. The fourth-order valence-electron chi connectivity index (χ4n) is 1.86. The molecule has 1 aromatic rings. The fourth-order valence-corrected chi connectivity index (χ4v) is 1.86. The van der Waals surface area contributed by atoms with E-state index in [-0.39, 0.29) is 5.91 Å². The van der Waals surface area contributed by atoms with Gasteiger partial charge in [0.2, 0.25) is 11.8 Å². The van der Waals surface area contributed by atoms with Crippen LogP contribution in [-0.2, 0) is 14.3 Å². The van der Waals surface area contributed by atoms with Crippen molar-refractivity contribution in [1.29, 1.82) is 0 Å². The number of ether oxygens (including phenoxy) is 1. The van der Waals surface area contributed by atoms with Crippen LogP contribution in [0.5, 0.6) is 0 Å². The maximum Gasteiger partial charge on any atom is 0.249 e. The lowest BCUT2D eigenvalue weighted by molar-refractivity contribution is -0.135. The van der Waals surface area contributed by atoms with Gasteiger partial charge >= 0.3 is 0 Å². The summed E-state index contributed by atoms with van der Waals surface area (Å²) in [7, 11) is 0. The van der Waals surface area contributed by atoms with E-state index in [9.17, 15) is 9.59 Å². The molecule has 2 atom stereocenters. The molecule has 20 heavy (non-hydrogen) atoms. The van der Waals surface area contributed by atoms with E-state index in [1.54, 1.807) is 31.2 Å². The van der Waals surface area contributed by atoms with Crippen LogP contribution in [0.15, 0.2) is 30.3 Å². The molecular formula is C15H20N2O3.